The van der Waals surface area contributed by atoms with Crippen LogP contribution in [0.4, 0.5) is 0 Å². The second-order valence-electron chi connectivity index (χ2n) is 4.78. The van der Waals surface area contributed by atoms with E-state index in [9.17, 15) is 0 Å². The van der Waals surface area contributed by atoms with E-state index in [4.69, 9.17) is 26.0 Å². The number of halogens is 1. The van der Waals surface area contributed by atoms with E-state index in [-0.39, 0.29) is 6.61 Å². The van der Waals surface area contributed by atoms with Crippen LogP contribution in [0.5, 0.6) is 5.75 Å². The number of aromatic nitrogens is 2. The molecule has 3 aromatic rings. The molecule has 0 unspecified atom stereocenters. The van der Waals surface area contributed by atoms with Crippen LogP contribution in [0, 0.1) is 11.3 Å². The number of nitrogens with zero attached hydrogens (tertiary/aromatic N) is 3. The van der Waals surface area contributed by atoms with Gasteiger partial charge in [-0.1, -0.05) is 47.6 Å². The van der Waals surface area contributed by atoms with E-state index in [0.29, 0.717) is 33.2 Å². The van der Waals surface area contributed by atoms with Crippen molar-refractivity contribution in [1.82, 2.24) is 10.2 Å². The summed E-state index contributed by atoms with van der Waals surface area (Å²) in [5.74, 6) is 1.64. The highest BCUT2D eigenvalue weighted by atomic mass is 35.5. The molecule has 0 N–H and O–H groups in total. The molecule has 0 atom stereocenters. The maximum Gasteiger partial charge on any atom is 0.277 e. The SMILES string of the molecule is N#Cc1ccc(CSc2nnc(COc3ccccc3Cl)o2)cc1. The summed E-state index contributed by atoms with van der Waals surface area (Å²) in [6.07, 6.45) is 0. The molecule has 0 fully saturated rings. The van der Waals surface area contributed by atoms with Gasteiger partial charge in [0.15, 0.2) is 6.61 Å². The molecule has 0 aliphatic heterocycles. The van der Waals surface area contributed by atoms with Crippen LogP contribution >= 0.6 is 23.4 Å². The average Bonchev–Trinajstić information content (AvgIpc) is 3.08. The molecule has 0 bridgehead atoms. The van der Waals surface area contributed by atoms with Crippen molar-refractivity contribution >= 4 is 23.4 Å². The molecule has 0 radical (unpaired) electrons. The normalized spacial score (nSPS) is 10.3. The number of nitriles is 1. The Kier molecular flexibility index (Phi) is 5.36. The first-order valence-electron chi connectivity index (χ1n) is 7.06. The van der Waals surface area contributed by atoms with Crippen molar-refractivity contribution in [2.45, 2.75) is 17.6 Å². The molecule has 24 heavy (non-hydrogen) atoms. The highest BCUT2D eigenvalue weighted by Crippen LogP contribution is 2.25. The number of hydrogen-bond donors (Lipinski definition) is 0. The van der Waals surface area contributed by atoms with Gasteiger partial charge in [-0.05, 0) is 29.8 Å². The van der Waals surface area contributed by atoms with E-state index >= 15 is 0 Å². The van der Waals surface area contributed by atoms with Crippen LogP contribution in [0.25, 0.3) is 0 Å². The van der Waals surface area contributed by atoms with Crippen molar-refractivity contribution in [1.29, 1.82) is 5.26 Å². The highest BCUT2D eigenvalue weighted by Gasteiger charge is 2.09. The Hall–Kier alpha value is -2.49. The Morgan fingerprint density at radius 2 is 1.92 bits per heavy atom. The Labute approximate surface area is 148 Å². The largest absolute Gasteiger partial charge is 0.482 e. The predicted molar refractivity (Wildman–Crippen MR) is 90.8 cm³/mol. The van der Waals surface area contributed by atoms with Crippen LogP contribution in [-0.4, -0.2) is 10.2 Å². The second-order valence-corrected chi connectivity index (χ2v) is 6.11. The number of para-hydroxylation sites is 1. The van der Waals surface area contributed by atoms with Crippen LogP contribution in [-0.2, 0) is 12.4 Å². The van der Waals surface area contributed by atoms with Gasteiger partial charge in [0.1, 0.15) is 5.75 Å². The molecule has 0 aliphatic rings. The maximum atomic E-state index is 8.78. The summed E-state index contributed by atoms with van der Waals surface area (Å²) in [5.41, 5.74) is 1.71. The van der Waals surface area contributed by atoms with Crippen LogP contribution in [0.2, 0.25) is 5.02 Å². The molecule has 0 saturated heterocycles. The Morgan fingerprint density at radius 1 is 1.12 bits per heavy atom. The summed E-state index contributed by atoms with van der Waals surface area (Å²) in [7, 11) is 0. The maximum absolute atomic E-state index is 8.78. The van der Waals surface area contributed by atoms with Gasteiger partial charge in [-0.15, -0.1) is 10.2 Å². The van der Waals surface area contributed by atoms with Crippen LogP contribution in [0.3, 0.4) is 0 Å². The van der Waals surface area contributed by atoms with Gasteiger partial charge in [-0.2, -0.15) is 5.26 Å². The summed E-state index contributed by atoms with van der Waals surface area (Å²) in [6.45, 7) is 0.161. The second kappa shape index (κ2) is 7.86. The average molecular weight is 358 g/mol. The van der Waals surface area contributed by atoms with Crippen molar-refractivity contribution in [2.24, 2.45) is 0 Å². The molecule has 1 heterocycles. The smallest absolute Gasteiger partial charge is 0.277 e. The lowest BCUT2D eigenvalue weighted by atomic mass is 10.2. The first-order valence-corrected chi connectivity index (χ1v) is 8.42. The van der Waals surface area contributed by atoms with E-state index in [2.05, 4.69) is 16.3 Å². The lowest BCUT2D eigenvalue weighted by Crippen LogP contribution is -1.95. The molecule has 7 heteroatoms. The molecule has 0 aliphatic carbocycles. The fourth-order valence-corrected chi connectivity index (χ4v) is 2.80. The summed E-state index contributed by atoms with van der Waals surface area (Å²) < 4.78 is 11.1. The van der Waals surface area contributed by atoms with Crippen LogP contribution in [0.1, 0.15) is 17.0 Å². The fraction of sp³-hybridized carbons (Fsp3) is 0.118. The molecule has 1 aromatic heterocycles. The monoisotopic (exact) mass is 357 g/mol. The van der Waals surface area contributed by atoms with Gasteiger partial charge >= 0.3 is 0 Å². The van der Waals surface area contributed by atoms with Gasteiger partial charge in [-0.25, -0.2) is 0 Å². The highest BCUT2D eigenvalue weighted by molar-refractivity contribution is 7.98. The zero-order valence-corrected chi connectivity index (χ0v) is 14.0. The minimum atomic E-state index is 0.161. The first-order chi connectivity index (χ1) is 11.7. The van der Waals surface area contributed by atoms with Crippen molar-refractivity contribution in [3.63, 3.8) is 0 Å². The third-order valence-corrected chi connectivity index (χ3v) is 4.28. The Balaban J connectivity index is 1.53. The van der Waals surface area contributed by atoms with Gasteiger partial charge in [-0.3, -0.25) is 0 Å². The third-order valence-electron chi connectivity index (χ3n) is 3.08. The van der Waals surface area contributed by atoms with E-state index < -0.39 is 0 Å². The van der Waals surface area contributed by atoms with Gasteiger partial charge < -0.3 is 9.15 Å². The molecule has 0 amide bonds. The van der Waals surface area contributed by atoms with Crippen molar-refractivity contribution in [3.05, 3.63) is 70.6 Å². The molecule has 2 aromatic carbocycles. The first kappa shape index (κ1) is 16.4. The summed E-state index contributed by atoms with van der Waals surface area (Å²) in [5, 5.41) is 17.7. The Bertz CT molecular complexity index is 859. The van der Waals surface area contributed by atoms with E-state index in [0.717, 1.165) is 5.56 Å². The summed E-state index contributed by atoms with van der Waals surface area (Å²) in [6, 6.07) is 16.7. The summed E-state index contributed by atoms with van der Waals surface area (Å²) in [4.78, 5) is 0. The number of thioether (sulfide) groups is 1. The van der Waals surface area contributed by atoms with Gasteiger partial charge in [0.05, 0.1) is 16.7 Å². The predicted octanol–water partition coefficient (Wildman–Crippen LogP) is 4.47. The molecule has 5 nitrogen and oxygen atoms in total. The molecule has 120 valence electrons. The molecular formula is C17H12ClN3O2S. The topological polar surface area (TPSA) is 71.9 Å². The fourth-order valence-electron chi connectivity index (χ4n) is 1.88. The molecule has 0 saturated carbocycles. The zero-order valence-electron chi connectivity index (χ0n) is 12.5. The van der Waals surface area contributed by atoms with Crippen molar-refractivity contribution in [3.8, 4) is 11.8 Å². The zero-order chi connectivity index (χ0) is 16.8. The van der Waals surface area contributed by atoms with Crippen molar-refractivity contribution < 1.29 is 9.15 Å². The van der Waals surface area contributed by atoms with Crippen LogP contribution < -0.4 is 4.74 Å². The molecular weight excluding hydrogens is 346 g/mol. The molecule has 3 rings (SSSR count). The van der Waals surface area contributed by atoms with E-state index in [1.807, 2.05) is 24.3 Å². The van der Waals surface area contributed by atoms with E-state index in [1.165, 1.54) is 11.8 Å². The quantitative estimate of drug-likeness (QED) is 0.606. The minimum Gasteiger partial charge on any atom is -0.482 e. The number of hydrogen-bond acceptors (Lipinski definition) is 6. The number of rotatable bonds is 6. The van der Waals surface area contributed by atoms with E-state index in [1.54, 1.807) is 24.3 Å². The van der Waals surface area contributed by atoms with Gasteiger partial charge in [0.2, 0.25) is 0 Å². The third kappa shape index (κ3) is 4.28. The Morgan fingerprint density at radius 3 is 2.67 bits per heavy atom. The summed E-state index contributed by atoms with van der Waals surface area (Å²) >= 11 is 7.45. The van der Waals surface area contributed by atoms with Crippen molar-refractivity contribution in [2.75, 3.05) is 0 Å². The van der Waals surface area contributed by atoms with Crippen LogP contribution in [0.15, 0.2) is 58.2 Å². The minimum absolute atomic E-state index is 0.161. The molecule has 0 spiro atoms. The lowest BCUT2D eigenvalue weighted by molar-refractivity contribution is 0.252. The number of benzene rings is 2. The standard InChI is InChI=1S/C17H12ClN3O2S/c18-14-3-1-2-4-15(14)22-10-16-20-21-17(23-16)24-11-13-7-5-12(9-19)6-8-13/h1-8H,10-11H2. The van der Waals surface area contributed by atoms with Gasteiger partial charge in [0, 0.05) is 5.75 Å². The lowest BCUT2D eigenvalue weighted by Gasteiger charge is -2.04. The number of ether oxygens (including phenoxy) is 1. The van der Waals surface area contributed by atoms with Gasteiger partial charge in [0.25, 0.3) is 11.1 Å².